The first-order valence-electron chi connectivity index (χ1n) is 4.18. The number of rotatable bonds is 4. The van der Waals surface area contributed by atoms with Crippen molar-refractivity contribution < 1.29 is 9.90 Å². The molecule has 0 spiro atoms. The molecule has 0 saturated carbocycles. The topological polar surface area (TPSA) is 49.3 Å². The van der Waals surface area contributed by atoms with Crippen molar-refractivity contribution in [1.29, 1.82) is 0 Å². The lowest BCUT2D eigenvalue weighted by Gasteiger charge is -2.06. The molecular weight excluding hydrogens is 281 g/mol. The third kappa shape index (κ3) is 3.93. The quantitative estimate of drug-likeness (QED) is 0.838. The summed E-state index contributed by atoms with van der Waals surface area (Å²) in [5.74, 6) is -0.961. The Morgan fingerprint density at radius 3 is 3.00 bits per heavy atom. The molecule has 2 N–H and O–H groups in total. The van der Waals surface area contributed by atoms with Gasteiger partial charge in [0.1, 0.15) is 0 Å². The molecule has 0 fully saturated rings. The Bertz CT molecular complexity index is 393. The van der Waals surface area contributed by atoms with Crippen LogP contribution >= 0.6 is 27.5 Å². The molecule has 5 heteroatoms. The zero-order valence-corrected chi connectivity index (χ0v) is 10.0. The number of hydrogen-bond donors (Lipinski definition) is 2. The molecule has 0 bridgehead atoms. The summed E-state index contributed by atoms with van der Waals surface area (Å²) >= 11 is 9.28. The van der Waals surface area contributed by atoms with Crippen molar-refractivity contribution in [2.45, 2.75) is 0 Å². The molecule has 0 radical (unpaired) electrons. The van der Waals surface area contributed by atoms with E-state index in [2.05, 4.69) is 21.2 Å². The molecular formula is C10H9BrClNO2. The van der Waals surface area contributed by atoms with E-state index in [1.807, 2.05) is 18.2 Å². The molecule has 80 valence electrons. The second-order valence-corrected chi connectivity index (χ2v) is 3.96. The van der Waals surface area contributed by atoms with E-state index in [1.165, 1.54) is 6.08 Å². The zero-order chi connectivity index (χ0) is 11.3. The summed E-state index contributed by atoms with van der Waals surface area (Å²) in [5.41, 5.74) is 0.765. The number of carboxylic acids is 1. The average molecular weight is 291 g/mol. The Hall–Kier alpha value is -1.000. The number of nitrogens with one attached hydrogen (secondary N) is 1. The van der Waals surface area contributed by atoms with Crippen LogP contribution < -0.4 is 5.32 Å². The standard InChI is InChI=1S/C10H9BrClNO2/c11-7-3-1-4-8(10(7)12)13-6-2-5-9(14)15/h1-5,13H,6H2,(H,14,15)/b5-2+. The van der Waals surface area contributed by atoms with Gasteiger partial charge in [0.2, 0.25) is 0 Å². The third-order valence-corrected chi connectivity index (χ3v) is 2.92. The lowest BCUT2D eigenvalue weighted by molar-refractivity contribution is -0.131. The number of anilines is 1. The van der Waals surface area contributed by atoms with Gasteiger partial charge in [-0.2, -0.15) is 0 Å². The molecule has 15 heavy (non-hydrogen) atoms. The minimum Gasteiger partial charge on any atom is -0.478 e. The van der Waals surface area contributed by atoms with E-state index in [4.69, 9.17) is 16.7 Å². The Balaban J connectivity index is 2.58. The van der Waals surface area contributed by atoms with Crippen LogP contribution in [0.5, 0.6) is 0 Å². The number of halogens is 2. The molecule has 0 saturated heterocycles. The van der Waals surface area contributed by atoms with Crippen molar-refractivity contribution >= 4 is 39.2 Å². The van der Waals surface area contributed by atoms with E-state index in [-0.39, 0.29) is 0 Å². The van der Waals surface area contributed by atoms with E-state index in [1.54, 1.807) is 0 Å². The van der Waals surface area contributed by atoms with E-state index in [9.17, 15) is 4.79 Å². The van der Waals surface area contributed by atoms with Gasteiger partial charge in [0.25, 0.3) is 0 Å². The normalized spacial score (nSPS) is 10.5. The van der Waals surface area contributed by atoms with Gasteiger partial charge in [0.15, 0.2) is 0 Å². The predicted octanol–water partition coefficient (Wildman–Crippen LogP) is 3.16. The molecule has 0 unspecified atom stereocenters. The second kappa shape index (κ2) is 5.78. The summed E-state index contributed by atoms with van der Waals surface area (Å²) in [4.78, 5) is 10.2. The van der Waals surface area contributed by atoms with Gasteiger partial charge in [0, 0.05) is 17.1 Å². The average Bonchev–Trinajstić information content (AvgIpc) is 2.18. The van der Waals surface area contributed by atoms with Crippen molar-refractivity contribution in [3.05, 3.63) is 39.8 Å². The summed E-state index contributed by atoms with van der Waals surface area (Å²) in [5, 5.41) is 11.9. The van der Waals surface area contributed by atoms with Gasteiger partial charge >= 0.3 is 5.97 Å². The van der Waals surface area contributed by atoms with Crippen molar-refractivity contribution in [3.63, 3.8) is 0 Å². The first kappa shape index (κ1) is 12.1. The SMILES string of the molecule is O=C(O)/C=C/CNc1cccc(Br)c1Cl. The smallest absolute Gasteiger partial charge is 0.328 e. The fraction of sp³-hybridized carbons (Fsp3) is 0.100. The fourth-order valence-electron chi connectivity index (χ4n) is 0.969. The molecule has 0 aliphatic rings. The molecule has 1 rings (SSSR count). The van der Waals surface area contributed by atoms with Crippen LogP contribution in [0.1, 0.15) is 0 Å². The number of benzene rings is 1. The Morgan fingerprint density at radius 2 is 2.33 bits per heavy atom. The Labute approximate surface area is 101 Å². The van der Waals surface area contributed by atoms with E-state index in [0.717, 1.165) is 16.2 Å². The van der Waals surface area contributed by atoms with Crippen LogP contribution in [-0.2, 0) is 4.79 Å². The minimum absolute atomic E-state index is 0.419. The number of carbonyl (C=O) groups is 1. The zero-order valence-electron chi connectivity index (χ0n) is 7.71. The van der Waals surface area contributed by atoms with E-state index < -0.39 is 5.97 Å². The molecule has 0 aromatic heterocycles. The monoisotopic (exact) mass is 289 g/mol. The highest BCUT2D eigenvalue weighted by atomic mass is 79.9. The summed E-state index contributed by atoms with van der Waals surface area (Å²) in [7, 11) is 0. The largest absolute Gasteiger partial charge is 0.478 e. The third-order valence-electron chi connectivity index (χ3n) is 1.62. The summed E-state index contributed by atoms with van der Waals surface area (Å²) in [6, 6.07) is 5.50. The molecule has 0 heterocycles. The van der Waals surface area contributed by atoms with E-state index in [0.29, 0.717) is 11.6 Å². The Morgan fingerprint density at radius 1 is 1.60 bits per heavy atom. The highest BCUT2D eigenvalue weighted by Gasteiger charge is 2.01. The van der Waals surface area contributed by atoms with Gasteiger partial charge in [-0.1, -0.05) is 23.7 Å². The first-order valence-corrected chi connectivity index (χ1v) is 5.35. The molecule has 0 amide bonds. The maximum atomic E-state index is 10.2. The molecule has 0 aliphatic carbocycles. The van der Waals surface area contributed by atoms with Gasteiger partial charge < -0.3 is 10.4 Å². The lowest BCUT2D eigenvalue weighted by Crippen LogP contribution is -2.00. The summed E-state index contributed by atoms with van der Waals surface area (Å²) in [6.45, 7) is 0.419. The lowest BCUT2D eigenvalue weighted by atomic mass is 10.3. The second-order valence-electron chi connectivity index (χ2n) is 2.72. The van der Waals surface area contributed by atoms with Crippen molar-refractivity contribution in [2.75, 3.05) is 11.9 Å². The maximum absolute atomic E-state index is 10.2. The molecule has 3 nitrogen and oxygen atoms in total. The van der Waals surface area contributed by atoms with Crippen LogP contribution in [0, 0.1) is 0 Å². The van der Waals surface area contributed by atoms with Crippen LogP contribution in [0.2, 0.25) is 5.02 Å². The minimum atomic E-state index is -0.961. The van der Waals surface area contributed by atoms with Crippen molar-refractivity contribution in [3.8, 4) is 0 Å². The van der Waals surface area contributed by atoms with E-state index >= 15 is 0 Å². The fourth-order valence-corrected chi connectivity index (χ4v) is 1.53. The highest BCUT2D eigenvalue weighted by Crippen LogP contribution is 2.29. The number of carboxylic acid groups (broad SMARTS) is 1. The van der Waals surface area contributed by atoms with Crippen LogP contribution in [0.15, 0.2) is 34.8 Å². The van der Waals surface area contributed by atoms with Gasteiger partial charge in [-0.15, -0.1) is 0 Å². The van der Waals surface area contributed by atoms with Crippen molar-refractivity contribution in [1.82, 2.24) is 0 Å². The highest BCUT2D eigenvalue weighted by molar-refractivity contribution is 9.10. The molecule has 1 aromatic rings. The summed E-state index contributed by atoms with van der Waals surface area (Å²) in [6.07, 6.45) is 2.60. The predicted molar refractivity (Wildman–Crippen MR) is 64.4 cm³/mol. The van der Waals surface area contributed by atoms with Crippen LogP contribution in [-0.4, -0.2) is 17.6 Å². The first-order chi connectivity index (χ1) is 7.11. The van der Waals surface area contributed by atoms with Crippen LogP contribution in [0.25, 0.3) is 0 Å². The van der Waals surface area contributed by atoms with Gasteiger partial charge in [-0.05, 0) is 28.1 Å². The molecule has 1 aromatic carbocycles. The maximum Gasteiger partial charge on any atom is 0.328 e. The van der Waals surface area contributed by atoms with Crippen LogP contribution in [0.4, 0.5) is 5.69 Å². The number of aliphatic carboxylic acids is 1. The number of hydrogen-bond acceptors (Lipinski definition) is 2. The van der Waals surface area contributed by atoms with Crippen LogP contribution in [0.3, 0.4) is 0 Å². The van der Waals surface area contributed by atoms with Crippen molar-refractivity contribution in [2.24, 2.45) is 0 Å². The Kier molecular flexibility index (Phi) is 4.65. The van der Waals surface area contributed by atoms with Gasteiger partial charge in [-0.25, -0.2) is 4.79 Å². The summed E-state index contributed by atoms with van der Waals surface area (Å²) < 4.78 is 0.802. The van der Waals surface area contributed by atoms with Gasteiger partial charge in [-0.3, -0.25) is 0 Å². The molecule has 0 atom stereocenters. The van der Waals surface area contributed by atoms with Gasteiger partial charge in [0.05, 0.1) is 10.7 Å². The molecule has 0 aliphatic heterocycles.